The highest BCUT2D eigenvalue weighted by Gasteiger charge is 2.23. The maximum Gasteiger partial charge on any atom is 0.397 e. The summed E-state index contributed by atoms with van der Waals surface area (Å²) >= 11 is 0. The second-order valence-corrected chi connectivity index (χ2v) is 4.54. The van der Waals surface area contributed by atoms with Crippen LogP contribution in [0.5, 0.6) is 0 Å². The highest BCUT2D eigenvalue weighted by molar-refractivity contribution is 5.84. The number of carbonyl (C=O) groups excluding carboxylic acids is 1. The molecule has 1 aliphatic rings. The van der Waals surface area contributed by atoms with Gasteiger partial charge in [-0.2, -0.15) is 10.1 Å². The molecule has 3 rings (SSSR count). The van der Waals surface area contributed by atoms with Crippen LogP contribution in [0, 0.1) is 5.92 Å². The summed E-state index contributed by atoms with van der Waals surface area (Å²) < 4.78 is 11.5. The Morgan fingerprint density at radius 2 is 2.42 bits per heavy atom. The number of carbonyl (C=O) groups is 1. The SMILES string of the molecule is CCOC(=O)c1nc(-c2cnn(CC3CC3)c2)no1. The molecule has 2 heterocycles. The van der Waals surface area contributed by atoms with E-state index < -0.39 is 5.97 Å². The molecule has 0 atom stereocenters. The van der Waals surface area contributed by atoms with E-state index in [9.17, 15) is 4.79 Å². The number of esters is 1. The summed E-state index contributed by atoms with van der Waals surface area (Å²) in [7, 11) is 0. The second-order valence-electron chi connectivity index (χ2n) is 4.54. The highest BCUT2D eigenvalue weighted by atomic mass is 16.6. The van der Waals surface area contributed by atoms with E-state index in [-0.39, 0.29) is 12.5 Å². The van der Waals surface area contributed by atoms with Gasteiger partial charge in [0.05, 0.1) is 18.4 Å². The molecule has 1 saturated carbocycles. The Balaban J connectivity index is 1.74. The molecular weight excluding hydrogens is 248 g/mol. The third-order valence-corrected chi connectivity index (χ3v) is 2.91. The normalized spacial score (nSPS) is 14.6. The minimum absolute atomic E-state index is 0.133. The molecule has 0 spiro atoms. The Morgan fingerprint density at radius 1 is 1.58 bits per heavy atom. The summed E-state index contributed by atoms with van der Waals surface area (Å²) in [5, 5.41) is 8.00. The predicted molar refractivity (Wildman–Crippen MR) is 64.2 cm³/mol. The van der Waals surface area contributed by atoms with Gasteiger partial charge in [0.1, 0.15) is 0 Å². The highest BCUT2D eigenvalue weighted by Crippen LogP contribution is 2.30. The standard InChI is InChI=1S/C12H14N4O3/c1-2-18-12(17)11-14-10(15-19-11)9-5-13-16(7-9)6-8-3-4-8/h5,7-8H,2-4,6H2,1H3. The largest absolute Gasteiger partial charge is 0.459 e. The van der Waals surface area contributed by atoms with Crippen molar-refractivity contribution in [2.45, 2.75) is 26.3 Å². The number of nitrogens with zero attached hydrogens (tertiary/aromatic N) is 4. The number of hydrogen-bond donors (Lipinski definition) is 0. The minimum Gasteiger partial charge on any atom is -0.459 e. The summed E-state index contributed by atoms with van der Waals surface area (Å²) in [6, 6.07) is 0. The van der Waals surface area contributed by atoms with E-state index in [2.05, 4.69) is 15.2 Å². The fourth-order valence-electron chi connectivity index (χ4n) is 1.76. The van der Waals surface area contributed by atoms with Gasteiger partial charge in [0.25, 0.3) is 0 Å². The van der Waals surface area contributed by atoms with Gasteiger partial charge in [-0.05, 0) is 25.7 Å². The van der Waals surface area contributed by atoms with Crippen LogP contribution in [0.25, 0.3) is 11.4 Å². The summed E-state index contributed by atoms with van der Waals surface area (Å²) in [4.78, 5) is 15.4. The van der Waals surface area contributed by atoms with E-state index in [0.717, 1.165) is 18.0 Å². The van der Waals surface area contributed by atoms with Crippen LogP contribution in [-0.2, 0) is 11.3 Å². The van der Waals surface area contributed by atoms with Gasteiger partial charge in [-0.25, -0.2) is 4.79 Å². The molecule has 0 saturated heterocycles. The second kappa shape index (κ2) is 4.83. The zero-order valence-corrected chi connectivity index (χ0v) is 10.6. The van der Waals surface area contributed by atoms with E-state index in [1.54, 1.807) is 13.1 Å². The quantitative estimate of drug-likeness (QED) is 0.760. The van der Waals surface area contributed by atoms with Crippen LogP contribution in [0.1, 0.15) is 30.5 Å². The molecule has 0 bridgehead atoms. The van der Waals surface area contributed by atoms with Gasteiger partial charge in [0.2, 0.25) is 5.82 Å². The molecule has 19 heavy (non-hydrogen) atoms. The average Bonchev–Trinajstić information content (AvgIpc) is 2.92. The minimum atomic E-state index is -0.605. The van der Waals surface area contributed by atoms with Crippen molar-refractivity contribution >= 4 is 5.97 Å². The monoisotopic (exact) mass is 262 g/mol. The third kappa shape index (κ3) is 2.64. The van der Waals surface area contributed by atoms with Crippen molar-refractivity contribution in [2.75, 3.05) is 6.61 Å². The zero-order chi connectivity index (χ0) is 13.2. The van der Waals surface area contributed by atoms with Crippen molar-refractivity contribution in [1.29, 1.82) is 0 Å². The molecule has 0 radical (unpaired) electrons. The first-order valence-corrected chi connectivity index (χ1v) is 6.30. The van der Waals surface area contributed by atoms with Gasteiger partial charge in [0, 0.05) is 12.7 Å². The van der Waals surface area contributed by atoms with E-state index in [4.69, 9.17) is 9.26 Å². The summed E-state index contributed by atoms with van der Waals surface area (Å²) in [5.74, 6) is 0.358. The van der Waals surface area contributed by atoms with E-state index >= 15 is 0 Å². The topological polar surface area (TPSA) is 83.0 Å². The Morgan fingerprint density at radius 3 is 3.16 bits per heavy atom. The molecule has 0 amide bonds. The van der Waals surface area contributed by atoms with Crippen LogP contribution >= 0.6 is 0 Å². The number of ether oxygens (including phenoxy) is 1. The van der Waals surface area contributed by atoms with Gasteiger partial charge >= 0.3 is 11.9 Å². The molecule has 1 fully saturated rings. The average molecular weight is 262 g/mol. The van der Waals surface area contributed by atoms with Crippen LogP contribution in [0.2, 0.25) is 0 Å². The maximum atomic E-state index is 11.4. The zero-order valence-electron chi connectivity index (χ0n) is 10.6. The van der Waals surface area contributed by atoms with Crippen LogP contribution in [-0.4, -0.2) is 32.5 Å². The van der Waals surface area contributed by atoms with Crippen molar-refractivity contribution in [3.8, 4) is 11.4 Å². The third-order valence-electron chi connectivity index (χ3n) is 2.91. The van der Waals surface area contributed by atoms with Crippen LogP contribution in [0.3, 0.4) is 0 Å². The van der Waals surface area contributed by atoms with E-state index in [1.165, 1.54) is 12.8 Å². The Bertz CT molecular complexity index is 585. The van der Waals surface area contributed by atoms with Gasteiger partial charge in [-0.15, -0.1) is 0 Å². The Labute approximate surface area is 109 Å². The van der Waals surface area contributed by atoms with Crippen LogP contribution in [0.4, 0.5) is 0 Å². The lowest BCUT2D eigenvalue weighted by molar-refractivity contribution is 0.0470. The first-order valence-electron chi connectivity index (χ1n) is 6.30. The van der Waals surface area contributed by atoms with Gasteiger partial charge in [0.15, 0.2) is 0 Å². The molecule has 2 aromatic rings. The van der Waals surface area contributed by atoms with Crippen molar-refractivity contribution in [3.05, 3.63) is 18.3 Å². The first kappa shape index (κ1) is 11.9. The van der Waals surface area contributed by atoms with Crippen molar-refractivity contribution in [3.63, 3.8) is 0 Å². The van der Waals surface area contributed by atoms with Gasteiger partial charge in [-0.3, -0.25) is 4.68 Å². The van der Waals surface area contributed by atoms with Crippen LogP contribution < -0.4 is 0 Å². The number of hydrogen-bond acceptors (Lipinski definition) is 6. The Hall–Kier alpha value is -2.18. The molecule has 0 unspecified atom stereocenters. The number of aromatic nitrogens is 4. The van der Waals surface area contributed by atoms with Crippen molar-refractivity contribution in [1.82, 2.24) is 19.9 Å². The smallest absolute Gasteiger partial charge is 0.397 e. The van der Waals surface area contributed by atoms with E-state index in [1.807, 2.05) is 10.9 Å². The molecule has 1 aliphatic carbocycles. The first-order chi connectivity index (χ1) is 9.26. The molecule has 0 aromatic carbocycles. The van der Waals surface area contributed by atoms with Gasteiger partial charge in [-0.1, -0.05) is 5.16 Å². The lowest BCUT2D eigenvalue weighted by Crippen LogP contribution is -2.04. The molecule has 7 nitrogen and oxygen atoms in total. The summed E-state index contributed by atoms with van der Waals surface area (Å²) in [6.45, 7) is 2.91. The molecule has 7 heteroatoms. The number of rotatable bonds is 5. The summed E-state index contributed by atoms with van der Waals surface area (Å²) in [6.07, 6.45) is 6.06. The lowest BCUT2D eigenvalue weighted by Gasteiger charge is -1.95. The molecule has 0 N–H and O–H groups in total. The molecular formula is C12H14N4O3. The fourth-order valence-corrected chi connectivity index (χ4v) is 1.76. The molecule has 0 aliphatic heterocycles. The lowest BCUT2D eigenvalue weighted by atomic mass is 10.3. The predicted octanol–water partition coefficient (Wildman–Crippen LogP) is 1.52. The fraction of sp³-hybridized carbons (Fsp3) is 0.500. The van der Waals surface area contributed by atoms with Crippen molar-refractivity contribution < 1.29 is 14.1 Å². The van der Waals surface area contributed by atoms with E-state index in [0.29, 0.717) is 5.82 Å². The Kier molecular flexibility index (Phi) is 3.02. The van der Waals surface area contributed by atoms with Gasteiger partial charge < -0.3 is 9.26 Å². The summed E-state index contributed by atoms with van der Waals surface area (Å²) in [5.41, 5.74) is 0.736. The molecule has 2 aromatic heterocycles. The van der Waals surface area contributed by atoms with Crippen LogP contribution in [0.15, 0.2) is 16.9 Å². The maximum absolute atomic E-state index is 11.4. The molecule has 100 valence electrons. The van der Waals surface area contributed by atoms with Crippen molar-refractivity contribution in [2.24, 2.45) is 5.92 Å².